The molecule has 1 aliphatic heterocycles. The van der Waals surface area contributed by atoms with Crippen LogP contribution in [0.2, 0.25) is 0 Å². The molecule has 0 radical (unpaired) electrons. The van der Waals surface area contributed by atoms with Gasteiger partial charge in [0.2, 0.25) is 0 Å². The summed E-state index contributed by atoms with van der Waals surface area (Å²) in [5, 5.41) is 4.91. The minimum atomic E-state index is -0.521. The molecule has 1 N–H and O–H groups in total. The number of allylic oxidation sites excluding steroid dienone is 1. The Morgan fingerprint density at radius 1 is 1.12 bits per heavy atom. The van der Waals surface area contributed by atoms with Crippen LogP contribution < -0.4 is 20.2 Å². The van der Waals surface area contributed by atoms with E-state index in [0.717, 1.165) is 13.5 Å². The second-order valence-corrected chi connectivity index (χ2v) is 11.5. The smallest absolute Gasteiger partial charge is 0.271 e. The molecule has 5 rings (SSSR count). The second-order valence-electron chi connectivity index (χ2n) is 7.06. The van der Waals surface area contributed by atoms with Crippen LogP contribution in [-0.2, 0) is 4.79 Å². The van der Waals surface area contributed by atoms with Gasteiger partial charge in [-0.3, -0.25) is 14.2 Å². The Kier molecular flexibility index (Phi) is 5.81. The molecule has 0 unspecified atom stereocenters. The standard InChI is InChI=1S/C23H16BrN3O2S3/c1-13-19(21(28)26-14-6-3-2-4-7-14)20(16-8-5-11-30-16)27-22(29)17(32-23(27)25-13)12-15-9-10-18(24)31-15/h2-12,20H,1H3,(H,26,28)/b17-12+/t20-/m0/s1. The van der Waals surface area contributed by atoms with E-state index in [1.54, 1.807) is 15.9 Å². The van der Waals surface area contributed by atoms with Gasteiger partial charge in [-0.05, 0) is 64.6 Å². The minimum Gasteiger partial charge on any atom is -0.322 e. The molecule has 1 aromatic carbocycles. The van der Waals surface area contributed by atoms with Crippen molar-refractivity contribution in [3.63, 3.8) is 0 Å². The van der Waals surface area contributed by atoms with Gasteiger partial charge >= 0.3 is 0 Å². The average molecular weight is 543 g/mol. The molecule has 0 fully saturated rings. The first-order valence-electron chi connectivity index (χ1n) is 9.69. The van der Waals surface area contributed by atoms with E-state index >= 15 is 0 Å². The molecule has 1 atom stereocenters. The first kappa shape index (κ1) is 21.3. The number of hydrogen-bond donors (Lipinski definition) is 1. The third kappa shape index (κ3) is 3.97. The van der Waals surface area contributed by atoms with E-state index in [1.807, 2.05) is 73.0 Å². The number of hydrogen-bond acceptors (Lipinski definition) is 6. The van der Waals surface area contributed by atoms with Crippen molar-refractivity contribution < 1.29 is 4.79 Å². The summed E-state index contributed by atoms with van der Waals surface area (Å²) in [4.78, 5) is 34.0. The summed E-state index contributed by atoms with van der Waals surface area (Å²) in [6.07, 6.45) is 1.88. The van der Waals surface area contributed by atoms with E-state index in [1.165, 1.54) is 22.7 Å². The number of carbonyl (C=O) groups excluding carboxylic acids is 1. The van der Waals surface area contributed by atoms with E-state index in [2.05, 4.69) is 26.2 Å². The Labute approximate surface area is 203 Å². The van der Waals surface area contributed by atoms with E-state index < -0.39 is 6.04 Å². The van der Waals surface area contributed by atoms with Crippen LogP contribution in [0.25, 0.3) is 6.08 Å². The Bertz CT molecular complexity index is 1510. The molecule has 4 heterocycles. The number of nitrogens with one attached hydrogen (secondary N) is 1. The number of thiazole rings is 1. The van der Waals surface area contributed by atoms with Crippen molar-refractivity contribution in [3.8, 4) is 0 Å². The molecule has 0 saturated heterocycles. The maximum absolute atomic E-state index is 13.5. The molecule has 5 nitrogen and oxygen atoms in total. The van der Waals surface area contributed by atoms with Crippen LogP contribution in [0.1, 0.15) is 22.7 Å². The lowest BCUT2D eigenvalue weighted by Gasteiger charge is -2.24. The lowest BCUT2D eigenvalue weighted by Crippen LogP contribution is -2.40. The molecular formula is C23H16BrN3O2S3. The maximum atomic E-state index is 13.5. The summed E-state index contributed by atoms with van der Waals surface area (Å²) < 4.78 is 3.25. The molecule has 0 saturated carbocycles. The molecule has 0 spiro atoms. The van der Waals surface area contributed by atoms with Crippen LogP contribution in [0.4, 0.5) is 5.69 Å². The van der Waals surface area contributed by atoms with E-state index in [9.17, 15) is 9.59 Å². The summed E-state index contributed by atoms with van der Waals surface area (Å²) in [6.45, 7) is 1.83. The lowest BCUT2D eigenvalue weighted by atomic mass is 10.0. The van der Waals surface area contributed by atoms with Crippen LogP contribution >= 0.6 is 49.9 Å². The number of rotatable bonds is 4. The zero-order valence-electron chi connectivity index (χ0n) is 16.7. The van der Waals surface area contributed by atoms with Crippen LogP contribution in [-0.4, -0.2) is 10.5 Å². The fourth-order valence-electron chi connectivity index (χ4n) is 3.58. The molecule has 9 heteroatoms. The number of carbonyl (C=O) groups is 1. The summed E-state index contributed by atoms with van der Waals surface area (Å²) in [6, 6.07) is 16.6. The molecule has 160 valence electrons. The summed E-state index contributed by atoms with van der Waals surface area (Å²) in [5.41, 5.74) is 1.65. The fourth-order valence-corrected chi connectivity index (χ4v) is 6.89. The first-order valence-corrected chi connectivity index (χ1v) is 13.0. The Morgan fingerprint density at radius 3 is 2.62 bits per heavy atom. The number of amides is 1. The van der Waals surface area contributed by atoms with E-state index in [0.29, 0.717) is 26.3 Å². The Morgan fingerprint density at radius 2 is 1.94 bits per heavy atom. The van der Waals surface area contributed by atoms with Gasteiger partial charge in [-0.15, -0.1) is 22.7 Å². The van der Waals surface area contributed by atoms with Crippen molar-refractivity contribution in [2.24, 2.45) is 4.99 Å². The number of nitrogens with zero attached hydrogens (tertiary/aromatic N) is 2. The molecule has 3 aromatic heterocycles. The zero-order valence-corrected chi connectivity index (χ0v) is 20.8. The second kappa shape index (κ2) is 8.74. The first-order chi connectivity index (χ1) is 15.5. The van der Waals surface area contributed by atoms with Gasteiger partial charge in [0.15, 0.2) is 4.80 Å². The number of halogens is 1. The molecular weight excluding hydrogens is 526 g/mol. The lowest BCUT2D eigenvalue weighted by molar-refractivity contribution is -0.113. The molecule has 1 amide bonds. The molecule has 4 aromatic rings. The number of benzene rings is 1. The monoisotopic (exact) mass is 541 g/mol. The quantitative estimate of drug-likeness (QED) is 0.404. The third-order valence-electron chi connectivity index (χ3n) is 4.98. The van der Waals surface area contributed by atoms with Crippen molar-refractivity contribution in [1.29, 1.82) is 0 Å². The summed E-state index contributed by atoms with van der Waals surface area (Å²) in [5.74, 6) is -0.257. The average Bonchev–Trinajstić information content (AvgIpc) is 3.50. The molecule has 0 bridgehead atoms. The number of anilines is 1. The SMILES string of the molecule is CC1=C(C(=O)Nc2ccccc2)[C@H](c2cccs2)n2c(s/c(=C/c3ccc(Br)s3)c2=O)=N1. The number of thiophene rings is 2. The van der Waals surface area contributed by atoms with Gasteiger partial charge in [0.25, 0.3) is 11.5 Å². The number of para-hydroxylation sites is 1. The van der Waals surface area contributed by atoms with Crippen molar-refractivity contribution >= 4 is 67.6 Å². The van der Waals surface area contributed by atoms with Crippen molar-refractivity contribution in [1.82, 2.24) is 4.57 Å². The molecule has 1 aliphatic rings. The normalized spacial score (nSPS) is 16.1. The van der Waals surface area contributed by atoms with Gasteiger partial charge in [-0.1, -0.05) is 35.6 Å². The number of fused-ring (bicyclic) bond motifs is 1. The Balaban J connectivity index is 1.65. The van der Waals surface area contributed by atoms with Gasteiger partial charge < -0.3 is 5.32 Å². The van der Waals surface area contributed by atoms with Gasteiger partial charge in [-0.2, -0.15) is 0 Å². The van der Waals surface area contributed by atoms with Gasteiger partial charge in [0.05, 0.1) is 19.6 Å². The molecule has 32 heavy (non-hydrogen) atoms. The van der Waals surface area contributed by atoms with Gasteiger partial charge in [0.1, 0.15) is 6.04 Å². The van der Waals surface area contributed by atoms with Crippen molar-refractivity contribution in [2.75, 3.05) is 5.32 Å². The predicted molar refractivity (Wildman–Crippen MR) is 135 cm³/mol. The number of aromatic nitrogens is 1. The largest absolute Gasteiger partial charge is 0.322 e. The van der Waals surface area contributed by atoms with Crippen molar-refractivity contribution in [2.45, 2.75) is 13.0 Å². The topological polar surface area (TPSA) is 63.5 Å². The minimum absolute atomic E-state index is 0.144. The van der Waals surface area contributed by atoms with Crippen LogP contribution in [0.3, 0.4) is 0 Å². The van der Waals surface area contributed by atoms with Crippen LogP contribution in [0.5, 0.6) is 0 Å². The van der Waals surface area contributed by atoms with Gasteiger partial charge in [0, 0.05) is 15.4 Å². The van der Waals surface area contributed by atoms with Gasteiger partial charge in [-0.25, -0.2) is 4.99 Å². The maximum Gasteiger partial charge on any atom is 0.271 e. The highest BCUT2D eigenvalue weighted by atomic mass is 79.9. The highest BCUT2D eigenvalue weighted by Gasteiger charge is 2.33. The highest BCUT2D eigenvalue weighted by molar-refractivity contribution is 9.11. The summed E-state index contributed by atoms with van der Waals surface area (Å²) >= 11 is 7.89. The zero-order chi connectivity index (χ0) is 22.2. The van der Waals surface area contributed by atoms with Crippen LogP contribution in [0, 0.1) is 0 Å². The highest BCUT2D eigenvalue weighted by Crippen LogP contribution is 2.33. The molecule has 0 aliphatic carbocycles. The summed E-state index contributed by atoms with van der Waals surface area (Å²) in [7, 11) is 0. The fraction of sp³-hybridized carbons (Fsp3) is 0.0870. The van der Waals surface area contributed by atoms with Crippen molar-refractivity contribution in [3.05, 3.63) is 104 Å². The predicted octanol–water partition coefficient (Wildman–Crippen LogP) is 4.76. The van der Waals surface area contributed by atoms with E-state index in [4.69, 9.17) is 0 Å². The Hall–Kier alpha value is -2.59. The third-order valence-corrected chi connectivity index (χ3v) is 8.46. The van der Waals surface area contributed by atoms with Crippen LogP contribution in [0.15, 0.2) is 84.8 Å². The van der Waals surface area contributed by atoms with E-state index in [-0.39, 0.29) is 11.5 Å².